The average Bonchev–Trinajstić information content (AvgIpc) is 3.17. The zero-order valence-electron chi connectivity index (χ0n) is 15.8. The Morgan fingerprint density at radius 3 is 2.67 bits per heavy atom. The van der Waals surface area contributed by atoms with Crippen LogP contribution in [0.15, 0.2) is 54.9 Å². The molecule has 2 aromatic heterocycles. The van der Waals surface area contributed by atoms with Crippen LogP contribution in [0.5, 0.6) is 5.75 Å². The summed E-state index contributed by atoms with van der Waals surface area (Å²) in [4.78, 5) is 16.4. The van der Waals surface area contributed by atoms with Crippen molar-refractivity contribution in [3.63, 3.8) is 0 Å². The molecule has 1 aliphatic heterocycles. The van der Waals surface area contributed by atoms with Crippen LogP contribution in [0, 0.1) is 0 Å². The molecular weight excluding hydrogens is 399 g/mol. The van der Waals surface area contributed by atoms with Gasteiger partial charge in [0, 0.05) is 18.7 Å². The van der Waals surface area contributed by atoms with Gasteiger partial charge in [-0.05, 0) is 29.8 Å². The monoisotopic (exact) mass is 417 g/mol. The summed E-state index contributed by atoms with van der Waals surface area (Å²) in [6.45, 7) is 0. The third-order valence-electron chi connectivity index (χ3n) is 4.86. The zero-order valence-corrected chi connectivity index (χ0v) is 15.8. The van der Waals surface area contributed by atoms with Crippen molar-refractivity contribution in [2.24, 2.45) is 0 Å². The number of carbonyl (C=O) groups is 1. The number of pyridine rings is 1. The third kappa shape index (κ3) is 3.93. The van der Waals surface area contributed by atoms with E-state index in [2.05, 4.69) is 20.7 Å². The number of benzene rings is 1. The van der Waals surface area contributed by atoms with E-state index in [-0.39, 0.29) is 17.9 Å². The Labute approximate surface area is 169 Å². The van der Waals surface area contributed by atoms with E-state index in [0.717, 1.165) is 4.68 Å². The van der Waals surface area contributed by atoms with Gasteiger partial charge in [-0.15, -0.1) is 0 Å². The number of nitrogens with one attached hydrogen (secondary N) is 2. The quantitative estimate of drug-likeness (QED) is 0.665. The fourth-order valence-electron chi connectivity index (χ4n) is 3.37. The number of hydrogen-bond donors (Lipinski definition) is 2. The molecule has 156 valence electrons. The minimum Gasteiger partial charge on any atom is -0.497 e. The first-order valence-corrected chi connectivity index (χ1v) is 9.13. The molecule has 3 aromatic rings. The van der Waals surface area contributed by atoms with Crippen molar-refractivity contribution < 1.29 is 22.7 Å². The highest BCUT2D eigenvalue weighted by molar-refractivity contribution is 6.03. The molecule has 2 atom stereocenters. The first-order valence-electron chi connectivity index (χ1n) is 9.13. The maximum absolute atomic E-state index is 13.8. The molecule has 0 bridgehead atoms. The maximum atomic E-state index is 13.8. The number of methoxy groups -OCH3 is 1. The summed E-state index contributed by atoms with van der Waals surface area (Å²) in [6, 6.07) is 8.93. The lowest BCUT2D eigenvalue weighted by atomic mass is 9.97. The lowest BCUT2D eigenvalue weighted by molar-refractivity contribution is -0.173. The number of aromatic nitrogens is 3. The second-order valence-corrected chi connectivity index (χ2v) is 6.82. The van der Waals surface area contributed by atoms with Crippen molar-refractivity contribution >= 4 is 17.4 Å². The van der Waals surface area contributed by atoms with Gasteiger partial charge in [0.2, 0.25) is 0 Å². The Balaban J connectivity index is 1.63. The van der Waals surface area contributed by atoms with Crippen LogP contribution < -0.4 is 15.4 Å². The lowest BCUT2D eigenvalue weighted by Crippen LogP contribution is -2.35. The molecule has 7 nitrogen and oxygen atoms in total. The standard InChI is InChI=1S/C20H18F3N5O2/c1-30-14-6-4-12(5-7-14)15-9-17(20(21,22)23)28-18(26-15)10-16(27-28)19(29)25-13-3-2-8-24-11-13/h2-8,10-11,15,17,26H,9H2,1H3,(H,25,29)/t15-,17+/m1/s1. The van der Waals surface area contributed by atoms with Crippen molar-refractivity contribution in [2.45, 2.75) is 24.7 Å². The molecule has 1 amide bonds. The minimum absolute atomic E-state index is 0.119. The first-order chi connectivity index (χ1) is 14.3. The number of fused-ring (bicyclic) bond motifs is 1. The molecule has 30 heavy (non-hydrogen) atoms. The minimum atomic E-state index is -4.52. The smallest absolute Gasteiger partial charge is 0.410 e. The number of ether oxygens (including phenoxy) is 1. The van der Waals surface area contributed by atoms with Gasteiger partial charge in [-0.1, -0.05) is 12.1 Å². The Morgan fingerprint density at radius 2 is 2.03 bits per heavy atom. The lowest BCUT2D eigenvalue weighted by Gasteiger charge is -2.33. The van der Waals surface area contributed by atoms with Crippen molar-refractivity contribution in [1.82, 2.24) is 14.8 Å². The summed E-state index contributed by atoms with van der Waals surface area (Å²) in [5.41, 5.74) is 0.981. The Hall–Kier alpha value is -3.56. The Morgan fingerprint density at radius 1 is 1.27 bits per heavy atom. The van der Waals surface area contributed by atoms with E-state index in [9.17, 15) is 18.0 Å². The van der Waals surface area contributed by atoms with Gasteiger partial charge in [0.05, 0.1) is 25.0 Å². The molecule has 10 heteroatoms. The molecule has 0 saturated carbocycles. The summed E-state index contributed by atoms with van der Waals surface area (Å²) >= 11 is 0. The summed E-state index contributed by atoms with van der Waals surface area (Å²) in [7, 11) is 1.52. The fraction of sp³-hybridized carbons (Fsp3) is 0.250. The number of nitrogens with zero attached hydrogens (tertiary/aromatic N) is 3. The molecule has 4 rings (SSSR count). The van der Waals surface area contributed by atoms with E-state index >= 15 is 0 Å². The van der Waals surface area contributed by atoms with Crippen LogP contribution >= 0.6 is 0 Å². The summed E-state index contributed by atoms with van der Waals surface area (Å²) in [5, 5.41) is 9.57. The van der Waals surface area contributed by atoms with Gasteiger partial charge in [-0.3, -0.25) is 9.78 Å². The van der Waals surface area contributed by atoms with Gasteiger partial charge >= 0.3 is 6.18 Å². The molecule has 3 heterocycles. The van der Waals surface area contributed by atoms with Crippen LogP contribution in [-0.4, -0.2) is 34.0 Å². The Bertz CT molecular complexity index is 1030. The average molecular weight is 417 g/mol. The largest absolute Gasteiger partial charge is 0.497 e. The predicted octanol–water partition coefficient (Wildman–Crippen LogP) is 4.20. The van der Waals surface area contributed by atoms with E-state index in [4.69, 9.17) is 4.74 Å². The summed E-state index contributed by atoms with van der Waals surface area (Å²) < 4.78 is 47.2. The molecule has 0 radical (unpaired) electrons. The van der Waals surface area contributed by atoms with Crippen molar-refractivity contribution in [1.29, 1.82) is 0 Å². The number of alkyl halides is 3. The number of halogens is 3. The summed E-state index contributed by atoms with van der Waals surface area (Å²) in [6.07, 6.45) is -1.80. The molecule has 0 unspecified atom stereocenters. The normalized spacial score (nSPS) is 18.3. The molecule has 1 aromatic carbocycles. The highest BCUT2D eigenvalue weighted by Crippen LogP contribution is 2.43. The van der Waals surface area contributed by atoms with E-state index in [0.29, 0.717) is 17.0 Å². The van der Waals surface area contributed by atoms with Crippen molar-refractivity contribution in [2.75, 3.05) is 17.7 Å². The van der Waals surface area contributed by atoms with Crippen LogP contribution in [0.2, 0.25) is 0 Å². The zero-order chi connectivity index (χ0) is 21.3. The Kier molecular flexibility index (Phi) is 5.06. The highest BCUT2D eigenvalue weighted by atomic mass is 19.4. The fourth-order valence-corrected chi connectivity index (χ4v) is 3.37. The maximum Gasteiger partial charge on any atom is 0.410 e. The second-order valence-electron chi connectivity index (χ2n) is 6.82. The van der Waals surface area contributed by atoms with Gasteiger partial charge in [-0.25, -0.2) is 4.68 Å². The topological polar surface area (TPSA) is 81.1 Å². The molecule has 0 fully saturated rings. The van der Waals surface area contributed by atoms with E-state index in [1.165, 1.54) is 19.4 Å². The van der Waals surface area contributed by atoms with Crippen molar-refractivity contribution in [3.8, 4) is 5.75 Å². The van der Waals surface area contributed by atoms with Crippen LogP contribution in [0.4, 0.5) is 24.7 Å². The van der Waals surface area contributed by atoms with Crippen LogP contribution in [0.25, 0.3) is 0 Å². The van der Waals surface area contributed by atoms with Gasteiger partial charge in [0.1, 0.15) is 11.6 Å². The number of hydrogen-bond acceptors (Lipinski definition) is 5. The highest BCUT2D eigenvalue weighted by Gasteiger charge is 2.46. The number of rotatable bonds is 4. The second kappa shape index (κ2) is 7.69. The molecule has 0 saturated heterocycles. The first kappa shape index (κ1) is 19.7. The third-order valence-corrected chi connectivity index (χ3v) is 4.86. The van der Waals surface area contributed by atoms with Crippen LogP contribution in [-0.2, 0) is 0 Å². The number of anilines is 2. The van der Waals surface area contributed by atoms with E-state index in [1.807, 2.05) is 0 Å². The number of carbonyl (C=O) groups excluding carboxylic acids is 1. The van der Waals surface area contributed by atoms with Gasteiger partial charge < -0.3 is 15.4 Å². The molecule has 0 aliphatic carbocycles. The summed E-state index contributed by atoms with van der Waals surface area (Å²) in [5.74, 6) is 0.121. The number of amides is 1. The van der Waals surface area contributed by atoms with E-state index < -0.39 is 24.2 Å². The molecule has 2 N–H and O–H groups in total. The van der Waals surface area contributed by atoms with Gasteiger partial charge in [-0.2, -0.15) is 18.3 Å². The molecular formula is C20H18F3N5O2. The molecule has 0 spiro atoms. The van der Waals surface area contributed by atoms with Gasteiger partial charge in [0.15, 0.2) is 11.7 Å². The van der Waals surface area contributed by atoms with Crippen LogP contribution in [0.3, 0.4) is 0 Å². The van der Waals surface area contributed by atoms with Crippen molar-refractivity contribution in [3.05, 3.63) is 66.1 Å². The van der Waals surface area contributed by atoms with Crippen LogP contribution in [0.1, 0.15) is 34.6 Å². The molecule has 1 aliphatic rings. The van der Waals surface area contributed by atoms with E-state index in [1.54, 1.807) is 42.6 Å². The SMILES string of the molecule is COc1ccc([C@H]2C[C@@H](C(F)(F)F)n3nc(C(=O)Nc4cccnc4)cc3N2)cc1. The predicted molar refractivity (Wildman–Crippen MR) is 103 cm³/mol. The van der Waals surface area contributed by atoms with Gasteiger partial charge in [0.25, 0.3) is 5.91 Å².